The number of amides is 1. The summed E-state index contributed by atoms with van der Waals surface area (Å²) in [6.45, 7) is 0.346. The van der Waals surface area contributed by atoms with Gasteiger partial charge in [0.25, 0.3) is 5.91 Å². The number of rotatable bonds is 5. The number of nitrogens with one attached hydrogen (secondary N) is 2. The number of aromatic nitrogens is 1. The van der Waals surface area contributed by atoms with E-state index in [2.05, 4.69) is 21.7 Å². The van der Waals surface area contributed by atoms with Gasteiger partial charge in [-0.05, 0) is 48.0 Å². The first kappa shape index (κ1) is 17.5. The Morgan fingerprint density at radius 3 is 2.62 bits per heavy atom. The third-order valence-electron chi connectivity index (χ3n) is 3.71. The summed E-state index contributed by atoms with van der Waals surface area (Å²) in [7, 11) is 0. The highest BCUT2D eigenvalue weighted by atomic mass is 35.5. The number of nitriles is 1. The van der Waals surface area contributed by atoms with Crippen LogP contribution < -0.4 is 10.6 Å². The van der Waals surface area contributed by atoms with Crippen LogP contribution in [0.15, 0.2) is 66.9 Å². The van der Waals surface area contributed by atoms with E-state index in [1.54, 1.807) is 48.7 Å². The summed E-state index contributed by atoms with van der Waals surface area (Å²) in [5.74, 6) is 0.329. The summed E-state index contributed by atoms with van der Waals surface area (Å²) in [4.78, 5) is 16.6. The molecule has 1 aromatic heterocycles. The van der Waals surface area contributed by atoms with Crippen LogP contribution in [-0.4, -0.2) is 10.9 Å². The Bertz CT molecular complexity index is 964. The number of carbonyl (C=O) groups is 1. The normalized spacial score (nSPS) is 10.0. The van der Waals surface area contributed by atoms with Crippen LogP contribution in [0, 0.1) is 11.3 Å². The predicted molar refractivity (Wildman–Crippen MR) is 101 cm³/mol. The molecule has 0 spiro atoms. The molecule has 2 aromatic carbocycles. The Balaban J connectivity index is 1.67. The highest BCUT2D eigenvalue weighted by Crippen LogP contribution is 2.17. The van der Waals surface area contributed by atoms with Gasteiger partial charge in [-0.1, -0.05) is 29.8 Å². The van der Waals surface area contributed by atoms with Crippen LogP contribution in [-0.2, 0) is 6.54 Å². The highest BCUT2D eigenvalue weighted by Gasteiger charge is 2.08. The van der Waals surface area contributed by atoms with Gasteiger partial charge in [-0.3, -0.25) is 4.79 Å². The van der Waals surface area contributed by atoms with Crippen molar-refractivity contribution in [3.63, 3.8) is 0 Å². The molecule has 0 unspecified atom stereocenters. The third-order valence-corrected chi connectivity index (χ3v) is 4.07. The predicted octanol–water partition coefficient (Wildman–Crippen LogP) is 4.28. The second-order valence-corrected chi connectivity index (χ2v) is 5.93. The minimum atomic E-state index is -0.213. The second kappa shape index (κ2) is 8.15. The molecule has 1 heterocycles. The molecule has 0 atom stereocenters. The maximum absolute atomic E-state index is 12.4. The first-order chi connectivity index (χ1) is 12.7. The van der Waals surface area contributed by atoms with Crippen molar-refractivity contribution in [2.45, 2.75) is 6.54 Å². The lowest BCUT2D eigenvalue weighted by molar-refractivity contribution is 0.0951. The largest absolute Gasteiger partial charge is 0.348 e. The lowest BCUT2D eigenvalue weighted by Crippen LogP contribution is -2.23. The molecule has 0 aliphatic heterocycles. The standard InChI is InChI=1S/C20H15ClN4O/c21-18-4-2-1-3-16(18)13-24-20(26)15-9-10-23-19(11-15)25-17-7-5-14(12-22)6-8-17/h1-11H,13H2,(H,23,25)(H,24,26). The van der Waals surface area contributed by atoms with Crippen molar-refractivity contribution in [3.05, 3.63) is 88.6 Å². The molecule has 6 heteroatoms. The Hall–Kier alpha value is -3.36. The summed E-state index contributed by atoms with van der Waals surface area (Å²) in [5, 5.41) is 15.4. The van der Waals surface area contributed by atoms with Crippen LogP contribution in [0.25, 0.3) is 0 Å². The smallest absolute Gasteiger partial charge is 0.251 e. The van der Waals surface area contributed by atoms with Crippen LogP contribution in [0.4, 0.5) is 11.5 Å². The van der Waals surface area contributed by atoms with E-state index in [9.17, 15) is 4.79 Å². The van der Waals surface area contributed by atoms with Crippen LogP contribution in [0.5, 0.6) is 0 Å². The zero-order chi connectivity index (χ0) is 18.4. The van der Waals surface area contributed by atoms with Gasteiger partial charge in [0.1, 0.15) is 5.82 Å². The lowest BCUT2D eigenvalue weighted by Gasteiger charge is -2.09. The fraction of sp³-hybridized carbons (Fsp3) is 0.0500. The van der Waals surface area contributed by atoms with E-state index in [0.717, 1.165) is 11.3 Å². The van der Waals surface area contributed by atoms with Gasteiger partial charge >= 0.3 is 0 Å². The van der Waals surface area contributed by atoms with E-state index in [1.807, 2.05) is 18.2 Å². The quantitative estimate of drug-likeness (QED) is 0.710. The number of hydrogen-bond acceptors (Lipinski definition) is 4. The molecule has 3 aromatic rings. The van der Waals surface area contributed by atoms with Crippen LogP contribution in [0.1, 0.15) is 21.5 Å². The van der Waals surface area contributed by atoms with Crippen molar-refractivity contribution in [1.82, 2.24) is 10.3 Å². The summed E-state index contributed by atoms with van der Waals surface area (Å²) in [6, 6.07) is 19.7. The van der Waals surface area contributed by atoms with E-state index >= 15 is 0 Å². The second-order valence-electron chi connectivity index (χ2n) is 5.52. The maximum Gasteiger partial charge on any atom is 0.251 e. The molecule has 0 bridgehead atoms. The van der Waals surface area contributed by atoms with Gasteiger partial charge < -0.3 is 10.6 Å². The molecule has 128 valence electrons. The average molecular weight is 363 g/mol. The third kappa shape index (κ3) is 4.38. The van der Waals surface area contributed by atoms with Crippen molar-refractivity contribution >= 4 is 29.0 Å². The number of pyridine rings is 1. The molecule has 0 saturated heterocycles. The summed E-state index contributed by atoms with van der Waals surface area (Å²) < 4.78 is 0. The van der Waals surface area contributed by atoms with Gasteiger partial charge in [0.05, 0.1) is 11.6 Å². The Labute approximate surface area is 156 Å². The van der Waals surface area contributed by atoms with Crippen molar-refractivity contribution < 1.29 is 4.79 Å². The molecule has 0 aliphatic rings. The maximum atomic E-state index is 12.4. The Morgan fingerprint density at radius 2 is 1.88 bits per heavy atom. The minimum absolute atomic E-state index is 0.213. The van der Waals surface area contributed by atoms with E-state index in [4.69, 9.17) is 16.9 Å². The Morgan fingerprint density at radius 1 is 1.12 bits per heavy atom. The number of hydrogen-bond donors (Lipinski definition) is 2. The summed E-state index contributed by atoms with van der Waals surface area (Å²) >= 11 is 6.10. The zero-order valence-electron chi connectivity index (χ0n) is 13.7. The minimum Gasteiger partial charge on any atom is -0.348 e. The van der Waals surface area contributed by atoms with Gasteiger partial charge in [0, 0.05) is 29.0 Å². The number of benzene rings is 2. The molecule has 0 fully saturated rings. The fourth-order valence-electron chi connectivity index (χ4n) is 2.34. The monoisotopic (exact) mass is 362 g/mol. The summed E-state index contributed by atoms with van der Waals surface area (Å²) in [6.07, 6.45) is 1.57. The van der Waals surface area contributed by atoms with Gasteiger partial charge in [-0.2, -0.15) is 5.26 Å². The molecule has 3 rings (SSSR count). The topological polar surface area (TPSA) is 77.8 Å². The first-order valence-corrected chi connectivity index (χ1v) is 8.28. The zero-order valence-corrected chi connectivity index (χ0v) is 14.5. The first-order valence-electron chi connectivity index (χ1n) is 7.90. The number of carbonyl (C=O) groups excluding carboxylic acids is 1. The van der Waals surface area contributed by atoms with Gasteiger partial charge in [0.15, 0.2) is 0 Å². The molecule has 1 amide bonds. The number of nitrogens with zero attached hydrogens (tertiary/aromatic N) is 2. The molecule has 0 aliphatic carbocycles. The van der Waals surface area contributed by atoms with Crippen molar-refractivity contribution in [2.75, 3.05) is 5.32 Å². The van der Waals surface area contributed by atoms with Crippen LogP contribution in [0.2, 0.25) is 5.02 Å². The molecule has 2 N–H and O–H groups in total. The van der Waals surface area contributed by atoms with Crippen molar-refractivity contribution in [1.29, 1.82) is 5.26 Å². The molecule has 0 radical (unpaired) electrons. The van der Waals surface area contributed by atoms with Crippen LogP contribution >= 0.6 is 11.6 Å². The number of halogens is 1. The van der Waals surface area contributed by atoms with Crippen molar-refractivity contribution in [3.8, 4) is 6.07 Å². The summed E-state index contributed by atoms with van der Waals surface area (Å²) in [5.41, 5.74) is 2.71. The molecular formula is C20H15ClN4O. The molecule has 26 heavy (non-hydrogen) atoms. The molecule has 5 nitrogen and oxygen atoms in total. The average Bonchev–Trinajstić information content (AvgIpc) is 2.68. The lowest BCUT2D eigenvalue weighted by atomic mass is 10.2. The van der Waals surface area contributed by atoms with E-state index in [-0.39, 0.29) is 5.91 Å². The Kier molecular flexibility index (Phi) is 5.47. The molecule has 0 saturated carbocycles. The van der Waals surface area contributed by atoms with Gasteiger partial charge in [-0.25, -0.2) is 4.98 Å². The number of anilines is 2. The van der Waals surface area contributed by atoms with E-state index in [1.165, 1.54) is 0 Å². The highest BCUT2D eigenvalue weighted by molar-refractivity contribution is 6.31. The van der Waals surface area contributed by atoms with Gasteiger partial charge in [-0.15, -0.1) is 0 Å². The SMILES string of the molecule is N#Cc1ccc(Nc2cc(C(=O)NCc3ccccc3Cl)ccn2)cc1. The molecular weight excluding hydrogens is 348 g/mol. The van der Waals surface area contributed by atoms with Gasteiger partial charge in [0.2, 0.25) is 0 Å². The fourth-order valence-corrected chi connectivity index (χ4v) is 2.54. The van der Waals surface area contributed by atoms with E-state index in [0.29, 0.717) is 28.5 Å². The van der Waals surface area contributed by atoms with Crippen molar-refractivity contribution in [2.24, 2.45) is 0 Å². The van der Waals surface area contributed by atoms with Crippen LogP contribution in [0.3, 0.4) is 0 Å². The van der Waals surface area contributed by atoms with E-state index < -0.39 is 0 Å².